The zero-order valence-corrected chi connectivity index (χ0v) is 15.8. The molecule has 0 bridgehead atoms. The van der Waals surface area contributed by atoms with E-state index in [2.05, 4.69) is 41.4 Å². The van der Waals surface area contributed by atoms with Crippen molar-refractivity contribution < 1.29 is 9.59 Å². The summed E-state index contributed by atoms with van der Waals surface area (Å²) in [5.74, 6) is 0.201. The Morgan fingerprint density at radius 1 is 1.20 bits per heavy atom. The Morgan fingerprint density at radius 3 is 2.60 bits per heavy atom. The maximum absolute atomic E-state index is 12.2. The summed E-state index contributed by atoms with van der Waals surface area (Å²) in [5.41, 5.74) is 2.42. The predicted molar refractivity (Wildman–Crippen MR) is 100 cm³/mol. The lowest BCUT2D eigenvalue weighted by atomic mass is 10.0. The number of likely N-dealkylation sites (tertiary alicyclic amines) is 1. The highest BCUT2D eigenvalue weighted by atomic mass is 16.2. The molecule has 5 nitrogen and oxygen atoms in total. The Bertz CT molecular complexity index is 569. The van der Waals surface area contributed by atoms with Gasteiger partial charge in [-0.3, -0.25) is 9.59 Å². The molecule has 0 radical (unpaired) electrons. The second-order valence-electron chi connectivity index (χ2n) is 7.14. The van der Waals surface area contributed by atoms with E-state index in [0.29, 0.717) is 25.9 Å². The van der Waals surface area contributed by atoms with E-state index in [9.17, 15) is 9.59 Å². The first kappa shape index (κ1) is 19.4. The first-order chi connectivity index (χ1) is 12.0. The largest absolute Gasteiger partial charge is 0.354 e. The van der Waals surface area contributed by atoms with Crippen molar-refractivity contribution >= 4 is 11.8 Å². The average molecular weight is 345 g/mol. The van der Waals surface area contributed by atoms with E-state index in [1.807, 2.05) is 19.0 Å². The molecular weight excluding hydrogens is 314 g/mol. The van der Waals surface area contributed by atoms with Crippen molar-refractivity contribution in [3.05, 3.63) is 35.4 Å². The van der Waals surface area contributed by atoms with Crippen LogP contribution in [-0.2, 0) is 9.59 Å². The number of nitrogens with zero attached hydrogens (tertiary/aromatic N) is 2. The highest BCUT2D eigenvalue weighted by molar-refractivity contribution is 5.79. The van der Waals surface area contributed by atoms with Crippen LogP contribution in [0.25, 0.3) is 0 Å². The molecule has 5 heteroatoms. The molecule has 2 amide bonds. The molecule has 1 saturated heterocycles. The van der Waals surface area contributed by atoms with Crippen molar-refractivity contribution in [1.82, 2.24) is 15.1 Å². The van der Waals surface area contributed by atoms with E-state index < -0.39 is 0 Å². The fourth-order valence-electron chi connectivity index (χ4n) is 3.20. The molecule has 1 aromatic rings. The number of aryl methyl sites for hydroxylation is 1. The Balaban J connectivity index is 1.82. The highest BCUT2D eigenvalue weighted by Crippen LogP contribution is 2.18. The molecule has 1 fully saturated rings. The number of carbonyl (C=O) groups excluding carboxylic acids is 2. The molecule has 1 N–H and O–H groups in total. The summed E-state index contributed by atoms with van der Waals surface area (Å²) in [6.45, 7) is 3.96. The fraction of sp³-hybridized carbons (Fsp3) is 0.600. The molecule has 0 saturated carbocycles. The SMILES string of the molecule is Cc1ccc(C(CNC(=O)CCN2CCCCCC2=O)N(C)C)cc1. The van der Waals surface area contributed by atoms with Crippen LogP contribution < -0.4 is 5.32 Å². The van der Waals surface area contributed by atoms with Crippen LogP contribution in [0.15, 0.2) is 24.3 Å². The van der Waals surface area contributed by atoms with Gasteiger partial charge >= 0.3 is 0 Å². The molecule has 1 atom stereocenters. The van der Waals surface area contributed by atoms with Gasteiger partial charge in [-0.2, -0.15) is 0 Å². The highest BCUT2D eigenvalue weighted by Gasteiger charge is 2.18. The lowest BCUT2D eigenvalue weighted by Crippen LogP contribution is -2.37. The predicted octanol–water partition coefficient (Wildman–Crippen LogP) is 2.51. The monoisotopic (exact) mass is 345 g/mol. The van der Waals surface area contributed by atoms with Gasteiger partial charge in [-0.25, -0.2) is 0 Å². The second-order valence-corrected chi connectivity index (χ2v) is 7.14. The molecule has 1 aromatic carbocycles. The fourth-order valence-corrected chi connectivity index (χ4v) is 3.20. The Kier molecular flexibility index (Phi) is 7.44. The lowest BCUT2D eigenvalue weighted by Gasteiger charge is -2.25. The van der Waals surface area contributed by atoms with E-state index in [4.69, 9.17) is 0 Å². The van der Waals surface area contributed by atoms with Crippen molar-refractivity contribution in [3.63, 3.8) is 0 Å². The number of likely N-dealkylation sites (N-methyl/N-ethyl adjacent to an activating group) is 1. The summed E-state index contributed by atoms with van der Waals surface area (Å²) in [4.78, 5) is 28.2. The van der Waals surface area contributed by atoms with Crippen LogP contribution >= 0.6 is 0 Å². The summed E-state index contributed by atoms with van der Waals surface area (Å²) < 4.78 is 0. The summed E-state index contributed by atoms with van der Waals surface area (Å²) >= 11 is 0. The third-order valence-corrected chi connectivity index (χ3v) is 4.86. The Morgan fingerprint density at radius 2 is 1.92 bits per heavy atom. The van der Waals surface area contributed by atoms with Gasteiger partial charge in [0, 0.05) is 32.5 Å². The van der Waals surface area contributed by atoms with Crippen LogP contribution in [-0.4, -0.2) is 55.3 Å². The summed E-state index contributed by atoms with van der Waals surface area (Å²) in [7, 11) is 4.04. The number of hydrogen-bond acceptors (Lipinski definition) is 3. The van der Waals surface area contributed by atoms with Crippen molar-refractivity contribution in [2.75, 3.05) is 33.7 Å². The Hall–Kier alpha value is -1.88. The van der Waals surface area contributed by atoms with E-state index in [-0.39, 0.29) is 17.9 Å². The van der Waals surface area contributed by atoms with Crippen LogP contribution in [0.4, 0.5) is 0 Å². The van der Waals surface area contributed by atoms with Gasteiger partial charge in [0.05, 0.1) is 6.04 Å². The van der Waals surface area contributed by atoms with Crippen LogP contribution in [0.2, 0.25) is 0 Å². The maximum Gasteiger partial charge on any atom is 0.222 e. The number of carbonyl (C=O) groups is 2. The van der Waals surface area contributed by atoms with Crippen LogP contribution in [0.5, 0.6) is 0 Å². The normalized spacial score (nSPS) is 16.6. The van der Waals surface area contributed by atoms with Gasteiger partial charge in [0.2, 0.25) is 11.8 Å². The molecule has 0 aliphatic carbocycles. The van der Waals surface area contributed by atoms with Crippen LogP contribution in [0.3, 0.4) is 0 Å². The molecule has 138 valence electrons. The number of rotatable bonds is 7. The first-order valence-corrected chi connectivity index (χ1v) is 9.25. The molecule has 1 aliphatic rings. The number of benzene rings is 1. The Labute approximate surface area is 151 Å². The van der Waals surface area contributed by atoms with Crippen LogP contribution in [0, 0.1) is 6.92 Å². The third-order valence-electron chi connectivity index (χ3n) is 4.86. The van der Waals surface area contributed by atoms with E-state index >= 15 is 0 Å². The smallest absolute Gasteiger partial charge is 0.222 e. The third kappa shape index (κ3) is 6.16. The summed E-state index contributed by atoms with van der Waals surface area (Å²) in [5, 5.41) is 3.03. The zero-order valence-electron chi connectivity index (χ0n) is 15.8. The molecular formula is C20H31N3O2. The molecule has 25 heavy (non-hydrogen) atoms. The minimum atomic E-state index is 0.0102. The molecule has 0 spiro atoms. The van der Waals surface area contributed by atoms with Gasteiger partial charge in [0.15, 0.2) is 0 Å². The van der Waals surface area contributed by atoms with Crippen molar-refractivity contribution in [2.45, 2.75) is 45.1 Å². The van der Waals surface area contributed by atoms with Gasteiger partial charge in [-0.1, -0.05) is 36.2 Å². The summed E-state index contributed by atoms with van der Waals surface area (Å²) in [6.07, 6.45) is 4.12. The van der Waals surface area contributed by atoms with Gasteiger partial charge in [0.25, 0.3) is 0 Å². The van der Waals surface area contributed by atoms with Crippen molar-refractivity contribution in [1.29, 1.82) is 0 Å². The first-order valence-electron chi connectivity index (χ1n) is 9.25. The lowest BCUT2D eigenvalue weighted by molar-refractivity contribution is -0.131. The van der Waals surface area contributed by atoms with Crippen molar-refractivity contribution in [3.8, 4) is 0 Å². The molecule has 1 heterocycles. The minimum absolute atomic E-state index is 0.0102. The number of nitrogens with one attached hydrogen (secondary N) is 1. The average Bonchev–Trinajstić information content (AvgIpc) is 2.78. The number of amides is 2. The second kappa shape index (κ2) is 9.56. The van der Waals surface area contributed by atoms with Crippen molar-refractivity contribution in [2.24, 2.45) is 0 Å². The van der Waals surface area contributed by atoms with Gasteiger partial charge in [-0.05, 0) is 39.4 Å². The molecule has 2 rings (SSSR count). The van der Waals surface area contributed by atoms with E-state index in [1.165, 1.54) is 11.1 Å². The van der Waals surface area contributed by atoms with Crippen LogP contribution in [0.1, 0.15) is 49.3 Å². The summed E-state index contributed by atoms with van der Waals surface area (Å²) in [6, 6.07) is 8.56. The maximum atomic E-state index is 12.2. The van der Waals surface area contributed by atoms with E-state index in [1.54, 1.807) is 0 Å². The van der Waals surface area contributed by atoms with Gasteiger partial charge in [-0.15, -0.1) is 0 Å². The topological polar surface area (TPSA) is 52.7 Å². The number of hydrogen-bond donors (Lipinski definition) is 1. The van der Waals surface area contributed by atoms with Gasteiger partial charge in [0.1, 0.15) is 0 Å². The molecule has 1 unspecified atom stereocenters. The molecule has 0 aromatic heterocycles. The van der Waals surface area contributed by atoms with Gasteiger partial charge < -0.3 is 15.1 Å². The minimum Gasteiger partial charge on any atom is -0.354 e. The standard InChI is InChI=1S/C20H31N3O2/c1-16-8-10-17(11-9-16)18(22(2)3)15-21-19(24)12-14-23-13-6-4-5-7-20(23)25/h8-11,18H,4-7,12-15H2,1-3H3,(H,21,24). The quantitative estimate of drug-likeness (QED) is 0.826. The molecule has 1 aliphatic heterocycles. The zero-order chi connectivity index (χ0) is 18.2. The van der Waals surface area contributed by atoms with E-state index in [0.717, 1.165) is 25.8 Å².